The maximum atomic E-state index is 11.3. The third-order valence-electron chi connectivity index (χ3n) is 2.91. The van der Waals surface area contributed by atoms with Crippen molar-refractivity contribution in [2.45, 2.75) is 19.1 Å². The quantitative estimate of drug-likeness (QED) is 0.585. The second kappa shape index (κ2) is 7.89. The fraction of sp³-hybridized carbons (Fsp3) is 0.500. The number of nitrogens with one attached hydrogen (secondary N) is 2. The molecule has 0 radical (unpaired) electrons. The molecule has 2 N–H and O–H groups in total. The van der Waals surface area contributed by atoms with Gasteiger partial charge in [-0.2, -0.15) is 0 Å². The van der Waals surface area contributed by atoms with Crippen LogP contribution < -0.4 is 10.6 Å². The van der Waals surface area contributed by atoms with Crippen molar-refractivity contribution in [3.05, 3.63) is 35.9 Å². The van der Waals surface area contributed by atoms with Crippen molar-refractivity contribution in [1.29, 1.82) is 0 Å². The number of rotatable bonds is 6. The molecule has 5 heteroatoms. The minimum atomic E-state index is 0.0721. The van der Waals surface area contributed by atoms with Gasteiger partial charge in [0, 0.05) is 25.6 Å². The standard InChI is InChI=1S/C14H20N2O3/c17-14-8-13(15-6-7-16-14)10-19-11-18-9-12-4-2-1-3-5-12/h1-5,13,15H,6-11H2,(H,16,17)/t13-/m0/s1. The fourth-order valence-corrected chi connectivity index (χ4v) is 1.95. The zero-order valence-electron chi connectivity index (χ0n) is 10.9. The second-order valence-electron chi connectivity index (χ2n) is 4.53. The van der Waals surface area contributed by atoms with Gasteiger partial charge in [-0.25, -0.2) is 0 Å². The molecule has 1 aliphatic heterocycles. The summed E-state index contributed by atoms with van der Waals surface area (Å²) in [6, 6.07) is 10.0. The third kappa shape index (κ3) is 5.38. The molecule has 19 heavy (non-hydrogen) atoms. The molecule has 1 amide bonds. The monoisotopic (exact) mass is 264 g/mol. The third-order valence-corrected chi connectivity index (χ3v) is 2.91. The van der Waals surface area contributed by atoms with E-state index in [1.807, 2.05) is 30.3 Å². The summed E-state index contributed by atoms with van der Waals surface area (Å²) in [5, 5.41) is 6.07. The molecular weight excluding hydrogens is 244 g/mol. The van der Waals surface area contributed by atoms with Gasteiger partial charge in [0.1, 0.15) is 6.79 Å². The molecule has 2 rings (SSSR count). The average molecular weight is 264 g/mol. The van der Waals surface area contributed by atoms with E-state index in [2.05, 4.69) is 10.6 Å². The van der Waals surface area contributed by atoms with Crippen LogP contribution in [0, 0.1) is 0 Å². The minimum absolute atomic E-state index is 0.0721. The Morgan fingerprint density at radius 1 is 1.16 bits per heavy atom. The Morgan fingerprint density at radius 3 is 2.84 bits per heavy atom. The van der Waals surface area contributed by atoms with Crippen molar-refractivity contribution in [3.8, 4) is 0 Å². The highest BCUT2D eigenvalue weighted by Crippen LogP contribution is 2.01. The number of amides is 1. The second-order valence-corrected chi connectivity index (χ2v) is 4.53. The molecule has 1 aromatic carbocycles. The maximum absolute atomic E-state index is 11.3. The van der Waals surface area contributed by atoms with Crippen molar-refractivity contribution in [1.82, 2.24) is 10.6 Å². The molecule has 5 nitrogen and oxygen atoms in total. The summed E-state index contributed by atoms with van der Waals surface area (Å²) in [5.41, 5.74) is 1.12. The van der Waals surface area contributed by atoms with Crippen LogP contribution in [0.4, 0.5) is 0 Å². The molecule has 1 aliphatic rings. The molecule has 0 aliphatic carbocycles. The van der Waals surface area contributed by atoms with Crippen LogP contribution in [0.2, 0.25) is 0 Å². The first-order valence-electron chi connectivity index (χ1n) is 6.54. The number of hydrogen-bond acceptors (Lipinski definition) is 4. The average Bonchev–Trinajstić information content (AvgIpc) is 2.64. The van der Waals surface area contributed by atoms with E-state index in [-0.39, 0.29) is 18.7 Å². The Balaban J connectivity index is 1.57. The Morgan fingerprint density at radius 2 is 2.00 bits per heavy atom. The predicted octanol–water partition coefficient (Wildman–Crippen LogP) is 0.655. The van der Waals surface area contributed by atoms with Crippen LogP contribution in [0.1, 0.15) is 12.0 Å². The van der Waals surface area contributed by atoms with E-state index in [4.69, 9.17) is 9.47 Å². The van der Waals surface area contributed by atoms with Gasteiger partial charge in [0.25, 0.3) is 0 Å². The van der Waals surface area contributed by atoms with E-state index in [0.717, 1.165) is 12.1 Å². The SMILES string of the molecule is O=C1C[C@@H](COCOCc2ccccc2)NCCN1. The van der Waals surface area contributed by atoms with Gasteiger partial charge in [0.05, 0.1) is 13.2 Å². The fourth-order valence-electron chi connectivity index (χ4n) is 1.95. The molecule has 1 atom stereocenters. The molecule has 1 heterocycles. The number of carbonyl (C=O) groups is 1. The van der Waals surface area contributed by atoms with E-state index in [9.17, 15) is 4.79 Å². The molecule has 0 bridgehead atoms. The van der Waals surface area contributed by atoms with Crippen LogP contribution >= 0.6 is 0 Å². The molecule has 1 fully saturated rings. The van der Waals surface area contributed by atoms with E-state index in [0.29, 0.717) is 26.2 Å². The lowest BCUT2D eigenvalue weighted by Crippen LogP contribution is -2.34. The van der Waals surface area contributed by atoms with Gasteiger partial charge in [-0.15, -0.1) is 0 Å². The summed E-state index contributed by atoms with van der Waals surface area (Å²) >= 11 is 0. The highest BCUT2D eigenvalue weighted by Gasteiger charge is 2.16. The summed E-state index contributed by atoms with van der Waals surface area (Å²) in [6.45, 7) is 2.74. The van der Waals surface area contributed by atoms with Crippen molar-refractivity contribution < 1.29 is 14.3 Å². The Hall–Kier alpha value is -1.43. The first-order chi connectivity index (χ1) is 9.34. The van der Waals surface area contributed by atoms with E-state index >= 15 is 0 Å². The van der Waals surface area contributed by atoms with Gasteiger partial charge < -0.3 is 20.1 Å². The van der Waals surface area contributed by atoms with Crippen LogP contribution in [0.15, 0.2) is 30.3 Å². The number of ether oxygens (including phenoxy) is 2. The number of hydrogen-bond donors (Lipinski definition) is 2. The smallest absolute Gasteiger partial charge is 0.221 e. The van der Waals surface area contributed by atoms with Crippen molar-refractivity contribution in [2.75, 3.05) is 26.5 Å². The zero-order chi connectivity index (χ0) is 13.3. The Bertz CT molecular complexity index is 384. The topological polar surface area (TPSA) is 59.6 Å². The van der Waals surface area contributed by atoms with Gasteiger partial charge in [-0.1, -0.05) is 30.3 Å². The molecule has 1 aromatic rings. The lowest BCUT2D eigenvalue weighted by atomic mass is 10.2. The van der Waals surface area contributed by atoms with Crippen molar-refractivity contribution >= 4 is 5.91 Å². The van der Waals surface area contributed by atoms with E-state index < -0.39 is 0 Å². The molecule has 0 saturated carbocycles. The van der Waals surface area contributed by atoms with Crippen LogP contribution in [-0.4, -0.2) is 38.4 Å². The molecule has 1 saturated heterocycles. The van der Waals surface area contributed by atoms with Gasteiger partial charge in [-0.3, -0.25) is 4.79 Å². The molecule has 104 valence electrons. The van der Waals surface area contributed by atoms with Crippen LogP contribution in [0.5, 0.6) is 0 Å². The minimum Gasteiger partial charge on any atom is -0.355 e. The summed E-state index contributed by atoms with van der Waals surface area (Å²) in [5.74, 6) is 0.0730. The summed E-state index contributed by atoms with van der Waals surface area (Å²) in [4.78, 5) is 11.3. The maximum Gasteiger partial charge on any atom is 0.221 e. The predicted molar refractivity (Wildman–Crippen MR) is 71.5 cm³/mol. The van der Waals surface area contributed by atoms with Gasteiger partial charge in [0.15, 0.2) is 0 Å². The lowest BCUT2D eigenvalue weighted by Gasteiger charge is -2.14. The van der Waals surface area contributed by atoms with Crippen molar-refractivity contribution in [3.63, 3.8) is 0 Å². The molecular formula is C14H20N2O3. The summed E-state index contributed by atoms with van der Waals surface area (Å²) in [7, 11) is 0. The number of carbonyl (C=O) groups excluding carboxylic acids is 1. The highest BCUT2D eigenvalue weighted by atomic mass is 16.7. The molecule has 0 spiro atoms. The highest BCUT2D eigenvalue weighted by molar-refractivity contribution is 5.76. The molecule has 0 aromatic heterocycles. The number of benzene rings is 1. The van der Waals surface area contributed by atoms with Crippen LogP contribution in [0.25, 0.3) is 0 Å². The first kappa shape index (κ1) is 14.0. The van der Waals surface area contributed by atoms with E-state index in [1.54, 1.807) is 0 Å². The summed E-state index contributed by atoms with van der Waals surface area (Å²) in [6.07, 6.45) is 0.457. The van der Waals surface area contributed by atoms with E-state index in [1.165, 1.54) is 0 Å². The summed E-state index contributed by atoms with van der Waals surface area (Å²) < 4.78 is 10.9. The Labute approximate surface area is 113 Å². The van der Waals surface area contributed by atoms with Crippen LogP contribution in [-0.2, 0) is 20.9 Å². The van der Waals surface area contributed by atoms with Crippen LogP contribution in [0.3, 0.4) is 0 Å². The Kier molecular flexibility index (Phi) is 5.81. The van der Waals surface area contributed by atoms with Gasteiger partial charge >= 0.3 is 0 Å². The van der Waals surface area contributed by atoms with Crippen molar-refractivity contribution in [2.24, 2.45) is 0 Å². The van der Waals surface area contributed by atoms with Gasteiger partial charge in [0.2, 0.25) is 5.91 Å². The van der Waals surface area contributed by atoms with Gasteiger partial charge in [-0.05, 0) is 5.56 Å². The lowest BCUT2D eigenvalue weighted by molar-refractivity contribution is -0.122. The molecule has 0 unspecified atom stereocenters. The largest absolute Gasteiger partial charge is 0.355 e. The normalized spacial score (nSPS) is 19.8. The zero-order valence-corrected chi connectivity index (χ0v) is 10.9. The first-order valence-corrected chi connectivity index (χ1v) is 6.54.